The highest BCUT2D eigenvalue weighted by atomic mass is 32.2. The second kappa shape index (κ2) is 11.7. The Balaban J connectivity index is 2.27. The molecule has 1 amide bonds. The summed E-state index contributed by atoms with van der Waals surface area (Å²) in [6.45, 7) is 4.60. The number of rotatable bonds is 13. The molecule has 168 valence electrons. The number of benzene rings is 1. The van der Waals surface area contributed by atoms with E-state index in [0.29, 0.717) is 18.8 Å². The molecule has 0 saturated carbocycles. The molecular formula is C20H30N2O6S2. The molecule has 1 aromatic heterocycles. The lowest BCUT2D eigenvalue weighted by Crippen LogP contribution is -2.51. The zero-order valence-electron chi connectivity index (χ0n) is 17.5. The van der Waals surface area contributed by atoms with Crippen molar-refractivity contribution in [1.82, 2.24) is 9.79 Å². The molecule has 0 fully saturated rings. The van der Waals surface area contributed by atoms with Crippen molar-refractivity contribution >= 4 is 37.4 Å². The first-order valence-electron chi connectivity index (χ1n) is 9.74. The predicted molar refractivity (Wildman–Crippen MR) is 117 cm³/mol. The normalized spacial score (nSPS) is 13.3. The van der Waals surface area contributed by atoms with Gasteiger partial charge in [0.2, 0.25) is 10.0 Å². The Labute approximate surface area is 181 Å². The van der Waals surface area contributed by atoms with Gasteiger partial charge in [0, 0.05) is 18.4 Å². The van der Waals surface area contributed by atoms with Gasteiger partial charge in [-0.3, -0.25) is 10.0 Å². The van der Waals surface area contributed by atoms with E-state index in [9.17, 15) is 18.4 Å². The van der Waals surface area contributed by atoms with Crippen LogP contribution in [-0.2, 0) is 30.0 Å². The topological polar surface area (TPSA) is 105 Å². The van der Waals surface area contributed by atoms with E-state index in [0.717, 1.165) is 14.4 Å². The van der Waals surface area contributed by atoms with Crippen molar-refractivity contribution in [2.24, 2.45) is 5.92 Å². The van der Waals surface area contributed by atoms with Crippen molar-refractivity contribution in [2.75, 3.05) is 33.5 Å². The predicted octanol–water partition coefficient (Wildman–Crippen LogP) is 2.62. The average molecular weight is 459 g/mol. The number of amides is 1. The molecule has 0 aliphatic rings. The number of carbonyl (C=O) groups is 1. The largest absolute Gasteiger partial charge is 0.382 e. The molecule has 1 aromatic carbocycles. The first-order valence-corrected chi connectivity index (χ1v) is 12.2. The Morgan fingerprint density at radius 1 is 1.23 bits per heavy atom. The zero-order valence-corrected chi connectivity index (χ0v) is 19.2. The Hall–Kier alpha value is -1.56. The summed E-state index contributed by atoms with van der Waals surface area (Å²) in [7, 11) is -2.32. The summed E-state index contributed by atoms with van der Waals surface area (Å²) in [6, 6.07) is 6.44. The Bertz CT molecular complexity index is 913. The van der Waals surface area contributed by atoms with E-state index in [1.807, 2.05) is 37.4 Å². The minimum absolute atomic E-state index is 0.00243. The average Bonchev–Trinajstić information content (AvgIpc) is 3.16. The van der Waals surface area contributed by atoms with E-state index in [-0.39, 0.29) is 31.2 Å². The van der Waals surface area contributed by atoms with Gasteiger partial charge in [-0.15, -0.1) is 11.3 Å². The number of ether oxygens (including phenoxy) is 2. The number of hydrogen-bond acceptors (Lipinski definition) is 7. The van der Waals surface area contributed by atoms with Crippen molar-refractivity contribution in [1.29, 1.82) is 0 Å². The van der Waals surface area contributed by atoms with E-state index in [1.54, 1.807) is 30.0 Å². The maximum atomic E-state index is 13.3. The van der Waals surface area contributed by atoms with Crippen molar-refractivity contribution in [3.8, 4) is 0 Å². The third-order valence-electron chi connectivity index (χ3n) is 4.57. The van der Waals surface area contributed by atoms with E-state index in [1.165, 1.54) is 0 Å². The lowest BCUT2D eigenvalue weighted by molar-refractivity contribution is -0.133. The summed E-state index contributed by atoms with van der Waals surface area (Å²) >= 11 is 1.59. The Morgan fingerprint density at radius 3 is 2.67 bits per heavy atom. The van der Waals surface area contributed by atoms with Crippen molar-refractivity contribution < 1.29 is 27.9 Å². The Morgan fingerprint density at radius 2 is 2.00 bits per heavy atom. The van der Waals surface area contributed by atoms with Crippen LogP contribution in [0.3, 0.4) is 0 Å². The van der Waals surface area contributed by atoms with E-state index >= 15 is 0 Å². The van der Waals surface area contributed by atoms with Crippen LogP contribution >= 0.6 is 11.3 Å². The van der Waals surface area contributed by atoms with Crippen LogP contribution in [0.1, 0.15) is 25.8 Å². The zero-order chi connectivity index (χ0) is 22.1. The van der Waals surface area contributed by atoms with Crippen LogP contribution in [0.2, 0.25) is 0 Å². The van der Waals surface area contributed by atoms with Crippen LogP contribution in [0.4, 0.5) is 0 Å². The van der Waals surface area contributed by atoms with Gasteiger partial charge in [-0.2, -0.15) is 4.31 Å². The summed E-state index contributed by atoms with van der Waals surface area (Å²) < 4.78 is 39.2. The Kier molecular flexibility index (Phi) is 9.66. The van der Waals surface area contributed by atoms with Crippen molar-refractivity contribution in [2.45, 2.75) is 32.1 Å². The van der Waals surface area contributed by atoms with E-state index in [2.05, 4.69) is 0 Å². The monoisotopic (exact) mass is 458 g/mol. The second-order valence-electron chi connectivity index (χ2n) is 7.39. The molecular weight excluding hydrogens is 428 g/mol. The van der Waals surface area contributed by atoms with Gasteiger partial charge in [0.05, 0.1) is 25.6 Å². The molecule has 0 unspecified atom stereocenters. The fourth-order valence-electron chi connectivity index (χ4n) is 3.16. The summed E-state index contributed by atoms with van der Waals surface area (Å²) in [5, 5.41) is 12.1. The SMILES string of the molecule is COCCOCCN([C@H](CC(C)C)C(=O)NO)S(=O)(=O)Cc1ccc2sccc2c1. The van der Waals surface area contributed by atoms with Gasteiger partial charge >= 0.3 is 0 Å². The highest BCUT2D eigenvalue weighted by Crippen LogP contribution is 2.24. The third-order valence-corrected chi connectivity index (χ3v) is 7.31. The lowest BCUT2D eigenvalue weighted by Gasteiger charge is -2.30. The minimum Gasteiger partial charge on any atom is -0.382 e. The quantitative estimate of drug-likeness (QED) is 0.272. The van der Waals surface area contributed by atoms with Gasteiger partial charge in [0.1, 0.15) is 6.04 Å². The highest BCUT2D eigenvalue weighted by Gasteiger charge is 2.35. The molecule has 2 N–H and O–H groups in total. The smallest absolute Gasteiger partial charge is 0.261 e. The van der Waals surface area contributed by atoms with Gasteiger partial charge in [0.25, 0.3) is 5.91 Å². The molecule has 1 heterocycles. The number of hydroxylamine groups is 1. The standard InChI is InChI=1S/C20H30N2O6S2/c1-15(2)12-18(20(23)21-24)22(7-8-28-10-9-27-3)30(25,26)14-16-4-5-19-17(13-16)6-11-29-19/h4-6,11,13,15,18,24H,7-10,12,14H2,1-3H3,(H,21,23)/t18-/m1/s1. The van der Waals surface area contributed by atoms with Gasteiger partial charge in [0.15, 0.2) is 0 Å². The van der Waals surface area contributed by atoms with Gasteiger partial charge in [-0.1, -0.05) is 19.9 Å². The van der Waals surface area contributed by atoms with E-state index < -0.39 is 22.0 Å². The summed E-state index contributed by atoms with van der Waals surface area (Å²) in [6.07, 6.45) is 0.271. The van der Waals surface area contributed by atoms with Gasteiger partial charge in [-0.25, -0.2) is 13.9 Å². The number of sulfonamides is 1. The third kappa shape index (κ3) is 7.00. The molecule has 0 aliphatic carbocycles. The second-order valence-corrected chi connectivity index (χ2v) is 10.3. The molecule has 0 saturated heterocycles. The first kappa shape index (κ1) is 24.7. The van der Waals surface area contributed by atoms with Crippen LogP contribution in [0.25, 0.3) is 10.1 Å². The van der Waals surface area contributed by atoms with Crippen molar-refractivity contribution in [3.05, 3.63) is 35.2 Å². The number of thiophene rings is 1. The molecule has 0 bridgehead atoms. The first-order chi connectivity index (χ1) is 14.3. The molecule has 2 aromatic rings. The molecule has 30 heavy (non-hydrogen) atoms. The van der Waals surface area contributed by atoms with Crippen molar-refractivity contribution in [3.63, 3.8) is 0 Å². The van der Waals surface area contributed by atoms with Gasteiger partial charge in [-0.05, 0) is 46.9 Å². The maximum absolute atomic E-state index is 13.3. The van der Waals surface area contributed by atoms with Crippen LogP contribution in [0.15, 0.2) is 29.6 Å². The molecule has 0 aliphatic heterocycles. The minimum atomic E-state index is -3.87. The molecule has 0 spiro atoms. The summed E-state index contributed by atoms with van der Waals surface area (Å²) in [5.74, 6) is -0.955. The number of methoxy groups -OCH3 is 1. The number of carbonyl (C=O) groups excluding carboxylic acids is 1. The molecule has 1 atom stereocenters. The van der Waals surface area contributed by atoms with Gasteiger partial charge < -0.3 is 9.47 Å². The van der Waals surface area contributed by atoms with E-state index in [4.69, 9.17) is 9.47 Å². The number of nitrogens with zero attached hydrogens (tertiary/aromatic N) is 1. The fourth-order valence-corrected chi connectivity index (χ4v) is 5.62. The number of fused-ring (bicyclic) bond motifs is 1. The highest BCUT2D eigenvalue weighted by molar-refractivity contribution is 7.88. The summed E-state index contributed by atoms with van der Waals surface area (Å²) in [5.41, 5.74) is 2.25. The number of hydrogen-bond donors (Lipinski definition) is 2. The molecule has 0 radical (unpaired) electrons. The summed E-state index contributed by atoms with van der Waals surface area (Å²) in [4.78, 5) is 12.3. The molecule has 8 nitrogen and oxygen atoms in total. The van der Waals surface area contributed by atoms with Crippen LogP contribution in [0.5, 0.6) is 0 Å². The molecule has 2 rings (SSSR count). The lowest BCUT2D eigenvalue weighted by atomic mass is 10.0. The van der Waals surface area contributed by atoms with Crippen LogP contribution < -0.4 is 5.48 Å². The van der Waals surface area contributed by atoms with Crippen LogP contribution in [-0.4, -0.2) is 63.4 Å². The van der Waals surface area contributed by atoms with Crippen LogP contribution in [0, 0.1) is 5.92 Å². The number of nitrogens with one attached hydrogen (secondary N) is 1. The fraction of sp³-hybridized carbons (Fsp3) is 0.550. The molecule has 10 heteroatoms. The maximum Gasteiger partial charge on any atom is 0.261 e.